The van der Waals surface area contributed by atoms with Crippen molar-refractivity contribution < 1.29 is 88.6 Å². The molecule has 3 aliphatic heterocycles. The molecule has 20 heteroatoms. The van der Waals surface area contributed by atoms with Gasteiger partial charge in [0.15, 0.2) is 18.9 Å². The van der Waals surface area contributed by atoms with Crippen LogP contribution in [0, 0.1) is 0 Å². The summed E-state index contributed by atoms with van der Waals surface area (Å²) in [7, 11) is 0. The summed E-state index contributed by atoms with van der Waals surface area (Å²) in [6, 6.07) is -1.34. The van der Waals surface area contributed by atoms with Gasteiger partial charge in [0.05, 0.1) is 72.1 Å². The second-order valence-corrected chi connectivity index (χ2v) is 11.3. The van der Waals surface area contributed by atoms with E-state index in [4.69, 9.17) is 48.4 Å². The first-order chi connectivity index (χ1) is 22.1. The maximum atomic E-state index is 10.9. The molecular formula is C26H49NO18S. The lowest BCUT2D eigenvalue weighted by molar-refractivity contribution is -0.373. The quantitative estimate of drug-likeness (QED) is 0.0442. The molecule has 0 bridgehead atoms. The van der Waals surface area contributed by atoms with Crippen molar-refractivity contribution in [3.05, 3.63) is 0 Å². The molecule has 0 radical (unpaired) electrons. The number of aliphatic hydroxyl groups excluding tert-OH is 9. The Morgan fingerprint density at radius 3 is 1.46 bits per heavy atom. The lowest BCUT2D eigenvalue weighted by Gasteiger charge is -2.48. The summed E-state index contributed by atoms with van der Waals surface area (Å²) in [4.78, 5) is 0. The molecule has 3 heterocycles. The van der Waals surface area contributed by atoms with E-state index in [-0.39, 0.29) is 19.8 Å². The number of hydrogen-bond donors (Lipinski definition) is 11. The summed E-state index contributed by atoms with van der Waals surface area (Å²) in [6.07, 6.45) is -21.7. The van der Waals surface area contributed by atoms with Crippen molar-refractivity contribution in [3.63, 3.8) is 0 Å². The van der Waals surface area contributed by atoms with Crippen molar-refractivity contribution in [3.8, 4) is 0 Å². The van der Waals surface area contributed by atoms with Crippen LogP contribution in [0.4, 0.5) is 0 Å². The Kier molecular flexibility index (Phi) is 17.7. The van der Waals surface area contributed by atoms with E-state index in [9.17, 15) is 46.0 Å². The maximum absolute atomic E-state index is 10.9. The minimum atomic E-state index is -1.88. The van der Waals surface area contributed by atoms with Gasteiger partial charge in [-0.25, -0.2) is 0 Å². The van der Waals surface area contributed by atoms with Gasteiger partial charge in [-0.1, -0.05) is 0 Å². The SMILES string of the molecule is N[C@H]1[C@H](O[C@@H]2[C@H](O)[C@@H](O)[C@H](O[C@H]3[C@H](O)[C@@H](O)[C@H](OCCOCCOCCOCCS)O[C@@H]3CO)O[C@@H]2CO)O[C@H](CO)[C@H](O)[C@@H]1O. The normalized spacial score (nSPS) is 41.9. The largest absolute Gasteiger partial charge is 0.394 e. The van der Waals surface area contributed by atoms with E-state index in [0.717, 1.165) is 0 Å². The Bertz CT molecular complexity index is 834. The summed E-state index contributed by atoms with van der Waals surface area (Å²) < 4.78 is 49.3. The van der Waals surface area contributed by atoms with E-state index in [1.807, 2.05) is 0 Å². The highest BCUT2D eigenvalue weighted by Crippen LogP contribution is 2.32. The average molecular weight is 696 g/mol. The van der Waals surface area contributed by atoms with Gasteiger partial charge in [0.1, 0.15) is 67.1 Å². The van der Waals surface area contributed by atoms with Crippen LogP contribution in [0.5, 0.6) is 0 Å². The van der Waals surface area contributed by atoms with Crippen LogP contribution < -0.4 is 5.73 Å². The summed E-state index contributed by atoms with van der Waals surface area (Å²) >= 11 is 4.03. The predicted octanol–water partition coefficient (Wildman–Crippen LogP) is -6.60. The molecule has 3 rings (SSSR count). The van der Waals surface area contributed by atoms with Crippen molar-refractivity contribution in [2.45, 2.75) is 92.1 Å². The molecule has 0 spiro atoms. The molecule has 0 aromatic carbocycles. The van der Waals surface area contributed by atoms with Gasteiger partial charge in [-0.2, -0.15) is 12.6 Å². The molecule has 3 aliphatic rings. The average Bonchev–Trinajstić information content (AvgIpc) is 3.06. The number of nitrogens with two attached hydrogens (primary N) is 1. The molecule has 0 amide bonds. The van der Waals surface area contributed by atoms with Gasteiger partial charge in [-0.05, 0) is 0 Å². The van der Waals surface area contributed by atoms with Crippen molar-refractivity contribution in [1.82, 2.24) is 0 Å². The lowest BCUT2D eigenvalue weighted by atomic mass is 9.95. The fourth-order valence-corrected chi connectivity index (χ4v) is 5.19. The van der Waals surface area contributed by atoms with Crippen LogP contribution in [0.2, 0.25) is 0 Å². The number of hydrogen-bond acceptors (Lipinski definition) is 20. The highest BCUT2D eigenvalue weighted by Gasteiger charge is 2.53. The monoisotopic (exact) mass is 695 g/mol. The van der Waals surface area contributed by atoms with Gasteiger partial charge in [-0.15, -0.1) is 0 Å². The molecular weight excluding hydrogens is 646 g/mol. The lowest BCUT2D eigenvalue weighted by Crippen LogP contribution is -2.67. The van der Waals surface area contributed by atoms with E-state index in [0.29, 0.717) is 32.2 Å². The number of thiol groups is 1. The molecule has 0 aliphatic carbocycles. The topological polar surface area (TPSA) is 291 Å². The summed E-state index contributed by atoms with van der Waals surface area (Å²) in [5.74, 6) is 0.623. The summed E-state index contributed by atoms with van der Waals surface area (Å²) in [6.45, 7) is -0.138. The maximum Gasteiger partial charge on any atom is 0.187 e. The second kappa shape index (κ2) is 20.3. The first-order valence-electron chi connectivity index (χ1n) is 15.0. The molecule has 11 N–H and O–H groups in total. The zero-order chi connectivity index (χ0) is 33.8. The van der Waals surface area contributed by atoms with Crippen LogP contribution in [0.1, 0.15) is 0 Å². The zero-order valence-corrected chi connectivity index (χ0v) is 26.1. The molecule has 0 aromatic heterocycles. The molecule has 3 saturated heterocycles. The van der Waals surface area contributed by atoms with Crippen molar-refractivity contribution >= 4 is 12.6 Å². The van der Waals surface area contributed by atoms with Crippen molar-refractivity contribution in [1.29, 1.82) is 0 Å². The first kappa shape index (κ1) is 40.0. The molecule has 15 atom stereocenters. The van der Waals surface area contributed by atoms with E-state index in [1.165, 1.54) is 0 Å². The van der Waals surface area contributed by atoms with Gasteiger partial charge in [0.2, 0.25) is 0 Å². The first-order valence-corrected chi connectivity index (χ1v) is 15.6. The van der Waals surface area contributed by atoms with Gasteiger partial charge in [-0.3, -0.25) is 0 Å². The van der Waals surface area contributed by atoms with Gasteiger partial charge in [0, 0.05) is 5.75 Å². The molecule has 272 valence electrons. The van der Waals surface area contributed by atoms with E-state index >= 15 is 0 Å². The van der Waals surface area contributed by atoms with Crippen LogP contribution in [0.25, 0.3) is 0 Å². The molecule has 0 unspecified atom stereocenters. The Balaban J connectivity index is 1.50. The smallest absolute Gasteiger partial charge is 0.187 e. The van der Waals surface area contributed by atoms with E-state index in [2.05, 4.69) is 12.6 Å². The van der Waals surface area contributed by atoms with E-state index < -0.39 is 112 Å². The highest BCUT2D eigenvalue weighted by molar-refractivity contribution is 7.80. The van der Waals surface area contributed by atoms with Gasteiger partial charge in [0.25, 0.3) is 0 Å². The zero-order valence-electron chi connectivity index (χ0n) is 25.2. The number of ether oxygens (including phenoxy) is 9. The fourth-order valence-electron chi connectivity index (χ4n) is 5.06. The van der Waals surface area contributed by atoms with Gasteiger partial charge < -0.3 is 94.3 Å². The fraction of sp³-hybridized carbons (Fsp3) is 1.00. The minimum absolute atomic E-state index is 0.0389. The second-order valence-electron chi connectivity index (χ2n) is 10.8. The number of rotatable bonds is 19. The van der Waals surface area contributed by atoms with Crippen LogP contribution >= 0.6 is 12.6 Å². The standard InChI is InChI=1S/C26H49NO18S/c27-15-17(32)16(31)12(9-28)41-24(15)44-22-14(11-30)43-26(21(36)19(22)34)45-23-13(10-29)42-25(20(35)18(23)33)40-6-5-38-2-1-37-3-4-39-7-8-46/h12-26,28-36,46H,1-11,27H2/t12-,13-,14-,15-,16+,17-,18-,19-,20-,21-,22+,23-,24+,25-,26+/m1/s1. The van der Waals surface area contributed by atoms with Crippen molar-refractivity contribution in [2.75, 3.05) is 71.8 Å². The molecule has 0 aromatic rings. The summed E-state index contributed by atoms with van der Waals surface area (Å²) in [5.41, 5.74) is 5.88. The van der Waals surface area contributed by atoms with Gasteiger partial charge >= 0.3 is 0 Å². The third-order valence-electron chi connectivity index (χ3n) is 7.64. The van der Waals surface area contributed by atoms with Crippen LogP contribution in [0.3, 0.4) is 0 Å². The Morgan fingerprint density at radius 2 is 0.935 bits per heavy atom. The molecule has 0 saturated carbocycles. The summed E-state index contributed by atoms with van der Waals surface area (Å²) in [5, 5.41) is 92.6. The van der Waals surface area contributed by atoms with Crippen LogP contribution in [-0.2, 0) is 42.6 Å². The Hall–Kier alpha value is -0.410. The Labute approximate surface area is 271 Å². The minimum Gasteiger partial charge on any atom is -0.394 e. The molecule has 3 fully saturated rings. The molecule has 19 nitrogen and oxygen atoms in total. The predicted molar refractivity (Wildman–Crippen MR) is 153 cm³/mol. The van der Waals surface area contributed by atoms with E-state index in [1.54, 1.807) is 0 Å². The third-order valence-corrected chi connectivity index (χ3v) is 7.82. The van der Waals surface area contributed by atoms with Crippen molar-refractivity contribution in [2.24, 2.45) is 5.73 Å². The van der Waals surface area contributed by atoms with Crippen LogP contribution in [-0.4, -0.2) is 210 Å². The molecule has 46 heavy (non-hydrogen) atoms. The highest BCUT2D eigenvalue weighted by atomic mass is 32.1. The number of aliphatic hydroxyl groups is 9. The Morgan fingerprint density at radius 1 is 0.500 bits per heavy atom. The van der Waals surface area contributed by atoms with Crippen LogP contribution in [0.15, 0.2) is 0 Å². The third kappa shape index (κ3) is 10.5.